The van der Waals surface area contributed by atoms with Crippen LogP contribution in [0.4, 0.5) is 5.69 Å². The molecule has 1 saturated carbocycles. The standard InChI is InChI=1S/C21H31N3O2.2ClH/c1-15(24-10-12-26-13-11-24)16-6-8-18(9-7-16)22-21(25)20-14-17-4-2-3-5-19(17)23-20;;/h6-9,15,17,19-20,23H,2-5,10-14H2,1H3,(H,22,25);2*1H. The van der Waals surface area contributed by atoms with Gasteiger partial charge in [0, 0.05) is 30.9 Å². The molecule has 3 fully saturated rings. The summed E-state index contributed by atoms with van der Waals surface area (Å²) in [6, 6.07) is 9.24. The van der Waals surface area contributed by atoms with Crippen molar-refractivity contribution < 1.29 is 9.53 Å². The highest BCUT2D eigenvalue weighted by Crippen LogP contribution is 2.33. The molecule has 4 atom stereocenters. The number of benzene rings is 1. The van der Waals surface area contributed by atoms with Gasteiger partial charge >= 0.3 is 0 Å². The van der Waals surface area contributed by atoms with Crippen LogP contribution in [0, 0.1) is 5.92 Å². The van der Waals surface area contributed by atoms with E-state index < -0.39 is 0 Å². The number of anilines is 1. The molecule has 2 heterocycles. The summed E-state index contributed by atoms with van der Waals surface area (Å²) in [4.78, 5) is 15.1. The number of morpholine rings is 1. The lowest BCUT2D eigenvalue weighted by Crippen LogP contribution is -2.39. The lowest BCUT2D eigenvalue weighted by molar-refractivity contribution is -0.117. The van der Waals surface area contributed by atoms with Gasteiger partial charge in [-0.05, 0) is 49.8 Å². The van der Waals surface area contributed by atoms with Gasteiger partial charge in [-0.3, -0.25) is 9.69 Å². The van der Waals surface area contributed by atoms with Crippen molar-refractivity contribution in [2.75, 3.05) is 31.6 Å². The third kappa shape index (κ3) is 5.39. The molecule has 3 aliphatic rings. The van der Waals surface area contributed by atoms with Crippen molar-refractivity contribution in [3.63, 3.8) is 0 Å². The predicted octanol–water partition coefficient (Wildman–Crippen LogP) is 3.78. The maximum Gasteiger partial charge on any atom is 0.241 e. The molecule has 1 aromatic carbocycles. The zero-order valence-electron chi connectivity index (χ0n) is 16.6. The molecule has 0 aromatic heterocycles. The summed E-state index contributed by atoms with van der Waals surface area (Å²) < 4.78 is 5.44. The van der Waals surface area contributed by atoms with Crippen molar-refractivity contribution in [2.24, 2.45) is 5.92 Å². The molecular formula is C21H33Cl2N3O2. The Bertz CT molecular complexity index is 609. The van der Waals surface area contributed by atoms with Crippen LogP contribution < -0.4 is 10.6 Å². The zero-order chi connectivity index (χ0) is 17.9. The first-order valence-corrected chi connectivity index (χ1v) is 10.2. The number of nitrogens with one attached hydrogen (secondary N) is 2. The van der Waals surface area contributed by atoms with E-state index in [1.165, 1.54) is 31.2 Å². The molecule has 158 valence electrons. The summed E-state index contributed by atoms with van der Waals surface area (Å²) in [5.74, 6) is 0.810. The molecule has 28 heavy (non-hydrogen) atoms. The van der Waals surface area contributed by atoms with Gasteiger partial charge in [0.2, 0.25) is 5.91 Å². The topological polar surface area (TPSA) is 53.6 Å². The highest BCUT2D eigenvalue weighted by molar-refractivity contribution is 5.95. The number of carbonyl (C=O) groups is 1. The summed E-state index contributed by atoms with van der Waals surface area (Å²) in [6.45, 7) is 5.83. The number of fused-ring (bicyclic) bond motifs is 1. The van der Waals surface area contributed by atoms with Crippen LogP contribution in [0.3, 0.4) is 0 Å². The van der Waals surface area contributed by atoms with Crippen molar-refractivity contribution >= 4 is 36.4 Å². The van der Waals surface area contributed by atoms with Crippen molar-refractivity contribution in [3.8, 4) is 0 Å². The zero-order valence-corrected chi connectivity index (χ0v) is 18.2. The first-order chi connectivity index (χ1) is 12.7. The molecular weight excluding hydrogens is 397 g/mol. The Hall–Kier alpha value is -0.850. The number of rotatable bonds is 4. The van der Waals surface area contributed by atoms with E-state index in [9.17, 15) is 4.79 Å². The minimum Gasteiger partial charge on any atom is -0.379 e. The van der Waals surface area contributed by atoms with E-state index in [1.807, 2.05) is 12.1 Å². The third-order valence-electron chi connectivity index (χ3n) is 6.43. The number of ether oxygens (including phenoxy) is 1. The van der Waals surface area contributed by atoms with Crippen LogP contribution in [0.25, 0.3) is 0 Å². The average Bonchev–Trinajstić information content (AvgIpc) is 3.13. The Morgan fingerprint density at radius 3 is 2.50 bits per heavy atom. The molecule has 7 heteroatoms. The monoisotopic (exact) mass is 429 g/mol. The average molecular weight is 430 g/mol. The summed E-state index contributed by atoms with van der Waals surface area (Å²) >= 11 is 0. The van der Waals surface area contributed by atoms with E-state index >= 15 is 0 Å². The van der Waals surface area contributed by atoms with Gasteiger partial charge in [-0.2, -0.15) is 0 Å². The number of hydrogen-bond acceptors (Lipinski definition) is 4. The molecule has 5 nitrogen and oxygen atoms in total. The molecule has 1 aromatic rings. The number of halogens is 2. The van der Waals surface area contributed by atoms with Crippen LogP contribution in [-0.4, -0.2) is 49.2 Å². The Labute approximate surface area is 180 Å². The molecule has 1 amide bonds. The molecule has 4 unspecified atom stereocenters. The van der Waals surface area contributed by atoms with E-state index in [0.29, 0.717) is 18.0 Å². The van der Waals surface area contributed by atoms with E-state index in [1.54, 1.807) is 0 Å². The smallest absolute Gasteiger partial charge is 0.241 e. The number of carbonyl (C=O) groups excluding carboxylic acids is 1. The molecule has 2 aliphatic heterocycles. The lowest BCUT2D eigenvalue weighted by atomic mass is 9.85. The molecule has 1 aliphatic carbocycles. The number of nitrogens with zero attached hydrogens (tertiary/aromatic N) is 1. The van der Waals surface area contributed by atoms with Crippen LogP contribution >= 0.6 is 24.8 Å². The quantitative estimate of drug-likeness (QED) is 0.764. The van der Waals surface area contributed by atoms with Gasteiger partial charge in [0.05, 0.1) is 19.3 Å². The minimum absolute atomic E-state index is 0. The van der Waals surface area contributed by atoms with Gasteiger partial charge < -0.3 is 15.4 Å². The SMILES string of the molecule is CC(c1ccc(NC(=O)C2CC3CCCCC3N2)cc1)N1CCOCC1.Cl.Cl. The van der Waals surface area contributed by atoms with Gasteiger partial charge in [-0.25, -0.2) is 0 Å². The molecule has 4 rings (SSSR count). The third-order valence-corrected chi connectivity index (χ3v) is 6.43. The van der Waals surface area contributed by atoms with Gasteiger partial charge in [0.1, 0.15) is 0 Å². The van der Waals surface area contributed by atoms with Crippen LogP contribution in [0.15, 0.2) is 24.3 Å². The fraction of sp³-hybridized carbons (Fsp3) is 0.667. The van der Waals surface area contributed by atoms with Gasteiger partial charge in [-0.15, -0.1) is 24.8 Å². The van der Waals surface area contributed by atoms with Crippen LogP contribution in [-0.2, 0) is 9.53 Å². The maximum atomic E-state index is 12.6. The number of amides is 1. The highest BCUT2D eigenvalue weighted by atomic mass is 35.5. The highest BCUT2D eigenvalue weighted by Gasteiger charge is 2.38. The second-order valence-corrected chi connectivity index (χ2v) is 8.04. The Kier molecular flexibility index (Phi) is 9.03. The molecule has 2 saturated heterocycles. The van der Waals surface area contributed by atoms with Gasteiger partial charge in [0.25, 0.3) is 0 Å². The van der Waals surface area contributed by atoms with Crippen molar-refractivity contribution in [1.82, 2.24) is 10.2 Å². The van der Waals surface area contributed by atoms with E-state index in [0.717, 1.165) is 38.4 Å². The first-order valence-electron chi connectivity index (χ1n) is 10.2. The fourth-order valence-electron chi connectivity index (χ4n) is 4.77. The summed E-state index contributed by atoms with van der Waals surface area (Å²) in [6.07, 6.45) is 6.10. The fourth-order valence-corrected chi connectivity index (χ4v) is 4.77. The van der Waals surface area contributed by atoms with Crippen LogP contribution in [0.1, 0.15) is 50.6 Å². The van der Waals surface area contributed by atoms with Gasteiger partial charge in [0.15, 0.2) is 0 Å². The normalized spacial score (nSPS) is 28.4. The summed E-state index contributed by atoms with van der Waals surface area (Å²) in [5.41, 5.74) is 2.18. The van der Waals surface area contributed by atoms with E-state index in [4.69, 9.17) is 4.74 Å². The maximum absolute atomic E-state index is 12.6. The Morgan fingerprint density at radius 2 is 1.82 bits per heavy atom. The first kappa shape index (κ1) is 23.4. The van der Waals surface area contributed by atoms with E-state index in [2.05, 4.69) is 34.6 Å². The van der Waals surface area contributed by atoms with Crippen LogP contribution in [0.5, 0.6) is 0 Å². The Balaban J connectivity index is 0.00000140. The van der Waals surface area contributed by atoms with Crippen molar-refractivity contribution in [3.05, 3.63) is 29.8 Å². The second kappa shape index (κ2) is 10.8. The van der Waals surface area contributed by atoms with E-state index in [-0.39, 0.29) is 36.8 Å². The second-order valence-electron chi connectivity index (χ2n) is 8.04. The largest absolute Gasteiger partial charge is 0.379 e. The van der Waals surface area contributed by atoms with Crippen LogP contribution in [0.2, 0.25) is 0 Å². The molecule has 0 spiro atoms. The molecule has 2 N–H and O–H groups in total. The molecule has 0 radical (unpaired) electrons. The number of hydrogen-bond donors (Lipinski definition) is 2. The predicted molar refractivity (Wildman–Crippen MR) is 118 cm³/mol. The Morgan fingerprint density at radius 1 is 1.14 bits per heavy atom. The van der Waals surface area contributed by atoms with Gasteiger partial charge in [-0.1, -0.05) is 25.0 Å². The summed E-state index contributed by atoms with van der Waals surface area (Å²) in [7, 11) is 0. The van der Waals surface area contributed by atoms with Crippen molar-refractivity contribution in [2.45, 2.75) is 57.2 Å². The summed E-state index contributed by atoms with van der Waals surface area (Å²) in [5, 5.41) is 6.66. The minimum atomic E-state index is -0.0324. The van der Waals surface area contributed by atoms with Crippen molar-refractivity contribution in [1.29, 1.82) is 0 Å². The lowest BCUT2D eigenvalue weighted by Gasteiger charge is -2.32. The molecule has 0 bridgehead atoms.